The SMILES string of the molecule is CC/C=C\C/C=C\C/C=C\C/C=C\CCCCCCCCC(=O)NC(CS(=O)(=O)O)C(O)/C=C/CC/C=C/CCC. The van der Waals surface area contributed by atoms with Crippen LogP contribution in [0.1, 0.15) is 117 Å². The van der Waals surface area contributed by atoms with E-state index in [0.29, 0.717) is 12.8 Å². The van der Waals surface area contributed by atoms with Crippen molar-refractivity contribution in [2.45, 2.75) is 129 Å². The maximum Gasteiger partial charge on any atom is 0.267 e. The molecule has 0 aliphatic rings. The van der Waals surface area contributed by atoms with Crippen LogP contribution in [0.3, 0.4) is 0 Å². The second-order valence-corrected chi connectivity index (χ2v) is 11.8. The van der Waals surface area contributed by atoms with E-state index in [0.717, 1.165) is 83.5 Å². The van der Waals surface area contributed by atoms with Gasteiger partial charge in [0.2, 0.25) is 5.91 Å². The average molecular weight is 592 g/mol. The van der Waals surface area contributed by atoms with Crippen molar-refractivity contribution in [3.63, 3.8) is 0 Å². The van der Waals surface area contributed by atoms with Crippen molar-refractivity contribution in [3.8, 4) is 0 Å². The van der Waals surface area contributed by atoms with Crippen molar-refractivity contribution in [2.75, 3.05) is 5.75 Å². The zero-order valence-corrected chi connectivity index (χ0v) is 26.4. The molecule has 0 radical (unpaired) electrons. The Morgan fingerprint density at radius 2 is 1.20 bits per heavy atom. The maximum atomic E-state index is 12.4. The normalized spacial score (nSPS) is 14.5. The molecule has 0 aliphatic heterocycles. The van der Waals surface area contributed by atoms with Gasteiger partial charge in [0, 0.05) is 6.42 Å². The first kappa shape index (κ1) is 38.8. The van der Waals surface area contributed by atoms with Gasteiger partial charge in [-0.3, -0.25) is 9.35 Å². The molecule has 0 bridgehead atoms. The number of allylic oxidation sites excluding steroid dienone is 11. The van der Waals surface area contributed by atoms with Crippen molar-refractivity contribution in [2.24, 2.45) is 0 Å². The number of carbonyl (C=O) groups is 1. The van der Waals surface area contributed by atoms with E-state index in [1.54, 1.807) is 6.08 Å². The predicted molar refractivity (Wildman–Crippen MR) is 174 cm³/mol. The fourth-order valence-electron chi connectivity index (χ4n) is 4.05. The molecule has 0 heterocycles. The lowest BCUT2D eigenvalue weighted by Gasteiger charge is -2.21. The number of hydrogen-bond acceptors (Lipinski definition) is 4. The summed E-state index contributed by atoms with van der Waals surface area (Å²) in [4.78, 5) is 12.4. The van der Waals surface area contributed by atoms with Crippen LogP contribution in [0.15, 0.2) is 72.9 Å². The number of carbonyl (C=O) groups excluding carboxylic acids is 1. The first-order valence-electron chi connectivity index (χ1n) is 15.6. The molecule has 0 aromatic carbocycles. The molecule has 1 amide bonds. The van der Waals surface area contributed by atoms with Crippen LogP contribution < -0.4 is 5.32 Å². The summed E-state index contributed by atoms with van der Waals surface area (Å²) < 4.78 is 32.0. The van der Waals surface area contributed by atoms with E-state index in [1.807, 2.05) is 0 Å². The van der Waals surface area contributed by atoms with Gasteiger partial charge in [-0.25, -0.2) is 0 Å². The summed E-state index contributed by atoms with van der Waals surface area (Å²) >= 11 is 0. The van der Waals surface area contributed by atoms with Crippen LogP contribution >= 0.6 is 0 Å². The number of hydrogen-bond donors (Lipinski definition) is 3. The number of aliphatic hydroxyl groups is 1. The molecule has 0 spiro atoms. The second-order valence-electron chi connectivity index (χ2n) is 10.3. The highest BCUT2D eigenvalue weighted by molar-refractivity contribution is 7.85. The molecule has 234 valence electrons. The van der Waals surface area contributed by atoms with Crippen LogP contribution in [-0.2, 0) is 14.9 Å². The van der Waals surface area contributed by atoms with Gasteiger partial charge in [0.15, 0.2) is 0 Å². The van der Waals surface area contributed by atoms with E-state index in [1.165, 1.54) is 6.08 Å². The molecular formula is C34H57NO5S. The van der Waals surface area contributed by atoms with E-state index in [9.17, 15) is 22.9 Å². The highest BCUT2D eigenvalue weighted by atomic mass is 32.2. The molecule has 6 nitrogen and oxygen atoms in total. The van der Waals surface area contributed by atoms with E-state index in [-0.39, 0.29) is 12.3 Å². The van der Waals surface area contributed by atoms with Crippen molar-refractivity contribution in [1.82, 2.24) is 5.32 Å². The first-order valence-corrected chi connectivity index (χ1v) is 17.2. The average Bonchev–Trinajstić information content (AvgIpc) is 2.92. The zero-order valence-electron chi connectivity index (χ0n) is 25.6. The first-order chi connectivity index (χ1) is 19.8. The Morgan fingerprint density at radius 1 is 0.683 bits per heavy atom. The van der Waals surface area contributed by atoms with Gasteiger partial charge in [0.05, 0.1) is 17.9 Å². The van der Waals surface area contributed by atoms with E-state index in [4.69, 9.17) is 0 Å². The number of unbranched alkanes of at least 4 members (excludes halogenated alkanes) is 8. The molecule has 0 saturated carbocycles. The minimum absolute atomic E-state index is 0.266. The van der Waals surface area contributed by atoms with E-state index < -0.39 is 28.0 Å². The third-order valence-electron chi connectivity index (χ3n) is 6.35. The Bertz CT molecular complexity index is 915. The molecular weight excluding hydrogens is 534 g/mol. The Balaban J connectivity index is 4.03. The number of rotatable bonds is 26. The minimum atomic E-state index is -4.35. The molecule has 2 unspecified atom stereocenters. The van der Waals surface area contributed by atoms with Gasteiger partial charge in [0.25, 0.3) is 10.1 Å². The lowest BCUT2D eigenvalue weighted by Crippen LogP contribution is -2.46. The highest BCUT2D eigenvalue weighted by Gasteiger charge is 2.24. The van der Waals surface area contributed by atoms with Crippen molar-refractivity contribution in [3.05, 3.63) is 72.9 Å². The number of nitrogens with one attached hydrogen (secondary N) is 1. The largest absolute Gasteiger partial charge is 0.387 e. The summed E-state index contributed by atoms with van der Waals surface area (Å²) in [5, 5.41) is 13.0. The van der Waals surface area contributed by atoms with E-state index >= 15 is 0 Å². The number of amides is 1. The molecule has 0 saturated heterocycles. The summed E-state index contributed by atoms with van der Waals surface area (Å²) in [6.07, 6.45) is 39.1. The van der Waals surface area contributed by atoms with Crippen molar-refractivity contribution in [1.29, 1.82) is 0 Å². The molecule has 0 aromatic heterocycles. The van der Waals surface area contributed by atoms with Gasteiger partial charge in [0.1, 0.15) is 0 Å². The quantitative estimate of drug-likeness (QED) is 0.0533. The summed E-state index contributed by atoms with van der Waals surface area (Å²) in [5.74, 6) is -1.03. The van der Waals surface area contributed by atoms with Crippen molar-refractivity contribution >= 4 is 16.0 Å². The Kier molecular flexibility index (Phi) is 26.4. The van der Waals surface area contributed by atoms with Crippen LogP contribution in [-0.4, -0.2) is 41.9 Å². The molecule has 2 atom stereocenters. The van der Waals surface area contributed by atoms with Crippen LogP contribution in [0.4, 0.5) is 0 Å². The maximum absolute atomic E-state index is 12.4. The lowest BCUT2D eigenvalue weighted by atomic mass is 10.1. The van der Waals surface area contributed by atoms with Gasteiger partial charge in [-0.1, -0.05) is 119 Å². The fraction of sp³-hybridized carbons (Fsp3) is 0.618. The predicted octanol–water partition coefficient (Wildman–Crippen LogP) is 8.34. The van der Waals surface area contributed by atoms with Gasteiger partial charge in [-0.05, 0) is 64.2 Å². The molecule has 7 heteroatoms. The highest BCUT2D eigenvalue weighted by Crippen LogP contribution is 2.10. The summed E-state index contributed by atoms with van der Waals surface area (Å²) in [5.41, 5.74) is 0. The van der Waals surface area contributed by atoms with Gasteiger partial charge in [-0.2, -0.15) is 8.42 Å². The van der Waals surface area contributed by atoms with Gasteiger partial charge < -0.3 is 10.4 Å². The molecule has 0 fully saturated rings. The fourth-order valence-corrected chi connectivity index (χ4v) is 4.78. The van der Waals surface area contributed by atoms with Crippen LogP contribution in [0, 0.1) is 0 Å². The smallest absolute Gasteiger partial charge is 0.267 e. The third kappa shape index (κ3) is 29.1. The molecule has 41 heavy (non-hydrogen) atoms. The molecule has 0 aromatic rings. The monoisotopic (exact) mass is 591 g/mol. The molecule has 0 aliphatic carbocycles. The Labute approximate surface area is 251 Å². The number of aliphatic hydroxyl groups excluding tert-OH is 1. The van der Waals surface area contributed by atoms with Gasteiger partial charge >= 0.3 is 0 Å². The summed E-state index contributed by atoms with van der Waals surface area (Å²) in [6, 6.07) is -1.08. The topological polar surface area (TPSA) is 104 Å². The summed E-state index contributed by atoms with van der Waals surface area (Å²) in [6.45, 7) is 4.25. The third-order valence-corrected chi connectivity index (χ3v) is 7.13. The standard InChI is InChI=1S/C34H57NO5S/c1-3-5-7-9-11-12-13-14-15-16-17-18-19-20-21-22-24-26-28-30-34(37)35-32(31-41(38,39)40)33(36)29-27-25-23-10-8-6-4-2/h5,7-8,10-12,14-15,17-18,27,29,32-33,36H,3-4,6,9,13,16,19-26,28,30-31H2,1-2H3,(H,35,37)(H,38,39,40)/b7-5-,10-8+,12-11-,15-14-,18-17-,29-27+. The van der Waals surface area contributed by atoms with Crippen LogP contribution in [0.5, 0.6) is 0 Å². The summed E-state index contributed by atoms with van der Waals surface area (Å²) in [7, 11) is -4.35. The lowest BCUT2D eigenvalue weighted by molar-refractivity contribution is -0.122. The van der Waals surface area contributed by atoms with Gasteiger partial charge in [-0.15, -0.1) is 0 Å². The zero-order chi connectivity index (χ0) is 30.4. The Morgan fingerprint density at radius 3 is 1.80 bits per heavy atom. The minimum Gasteiger partial charge on any atom is -0.387 e. The molecule has 3 N–H and O–H groups in total. The Hall–Kier alpha value is -2.22. The van der Waals surface area contributed by atoms with Crippen molar-refractivity contribution < 1.29 is 22.9 Å². The second kappa shape index (κ2) is 27.9. The van der Waals surface area contributed by atoms with E-state index in [2.05, 4.69) is 79.9 Å². The van der Waals surface area contributed by atoms with Crippen LogP contribution in [0.2, 0.25) is 0 Å². The molecule has 0 rings (SSSR count). The van der Waals surface area contributed by atoms with Crippen LogP contribution in [0.25, 0.3) is 0 Å².